The third-order valence-electron chi connectivity index (χ3n) is 4.41. The first-order valence-corrected chi connectivity index (χ1v) is 9.21. The molecule has 1 heterocycles. The minimum atomic E-state index is -0.319. The number of aryl methyl sites for hydroxylation is 1. The van der Waals surface area contributed by atoms with Crippen LogP contribution in [-0.2, 0) is 6.42 Å². The molecule has 1 aromatic heterocycles. The van der Waals surface area contributed by atoms with Gasteiger partial charge in [0.05, 0.1) is 15.1 Å². The Morgan fingerprint density at radius 2 is 1.96 bits per heavy atom. The van der Waals surface area contributed by atoms with Crippen LogP contribution in [0.1, 0.15) is 23.1 Å². The lowest BCUT2D eigenvalue weighted by atomic mass is 10.1. The number of aromatic nitrogens is 1. The van der Waals surface area contributed by atoms with Crippen molar-refractivity contribution in [1.82, 2.24) is 4.98 Å². The monoisotopic (exact) mass is 360 g/mol. The van der Waals surface area contributed by atoms with E-state index in [1.807, 2.05) is 43.3 Å². The van der Waals surface area contributed by atoms with E-state index in [0.29, 0.717) is 6.42 Å². The number of nitro groups is 1. The highest BCUT2D eigenvalue weighted by Crippen LogP contribution is 2.30. The van der Waals surface area contributed by atoms with Crippen LogP contribution in [0, 0.1) is 10.1 Å². The number of benzene rings is 3. The van der Waals surface area contributed by atoms with Crippen molar-refractivity contribution in [1.29, 1.82) is 0 Å². The Hall–Kier alpha value is -3.05. The van der Waals surface area contributed by atoms with Crippen molar-refractivity contribution < 1.29 is 4.92 Å². The Kier molecular flexibility index (Phi) is 4.22. The van der Waals surface area contributed by atoms with E-state index in [0.717, 1.165) is 31.7 Å². The number of thiazole rings is 1. The van der Waals surface area contributed by atoms with Crippen molar-refractivity contribution in [2.75, 3.05) is 0 Å². The molecule has 0 atom stereocenters. The van der Waals surface area contributed by atoms with Crippen molar-refractivity contribution >= 4 is 50.2 Å². The average Bonchev–Trinajstić information content (AvgIpc) is 3.09. The predicted octanol–water partition coefficient (Wildman–Crippen LogP) is 6.09. The first-order valence-electron chi connectivity index (χ1n) is 8.39. The zero-order valence-corrected chi connectivity index (χ0v) is 15.0. The summed E-state index contributed by atoms with van der Waals surface area (Å²) < 4.78 is 1.13. The zero-order valence-electron chi connectivity index (χ0n) is 14.2. The summed E-state index contributed by atoms with van der Waals surface area (Å²) in [6, 6.07) is 17.8. The van der Waals surface area contributed by atoms with Gasteiger partial charge in [0.15, 0.2) is 0 Å². The molecule has 4 nitrogen and oxygen atoms in total. The molecule has 0 bridgehead atoms. The summed E-state index contributed by atoms with van der Waals surface area (Å²) in [5.41, 5.74) is 2.72. The van der Waals surface area contributed by atoms with Crippen LogP contribution in [0.4, 0.5) is 5.69 Å². The van der Waals surface area contributed by atoms with Gasteiger partial charge >= 0.3 is 0 Å². The van der Waals surface area contributed by atoms with Gasteiger partial charge in [-0.15, -0.1) is 11.3 Å². The van der Waals surface area contributed by atoms with Crippen LogP contribution in [0.5, 0.6) is 0 Å². The molecule has 26 heavy (non-hydrogen) atoms. The fourth-order valence-corrected chi connectivity index (χ4v) is 3.96. The van der Waals surface area contributed by atoms with Crippen molar-refractivity contribution in [3.8, 4) is 0 Å². The topological polar surface area (TPSA) is 56.0 Å². The molecule has 0 aliphatic rings. The second-order valence-corrected chi connectivity index (χ2v) is 7.08. The summed E-state index contributed by atoms with van der Waals surface area (Å²) in [6.07, 6.45) is 4.45. The van der Waals surface area contributed by atoms with Crippen molar-refractivity contribution in [3.63, 3.8) is 0 Å². The molecule has 0 aliphatic carbocycles. The quantitative estimate of drug-likeness (QED) is 0.327. The van der Waals surface area contributed by atoms with E-state index in [1.165, 1.54) is 5.39 Å². The van der Waals surface area contributed by atoms with Crippen molar-refractivity contribution in [3.05, 3.63) is 80.8 Å². The van der Waals surface area contributed by atoms with E-state index in [1.54, 1.807) is 17.4 Å². The maximum Gasteiger partial charge on any atom is 0.273 e. The number of nitro benzene ring substituents is 1. The molecule has 0 fully saturated rings. The van der Waals surface area contributed by atoms with E-state index in [4.69, 9.17) is 4.98 Å². The molecule has 0 saturated carbocycles. The molecular weight excluding hydrogens is 344 g/mol. The van der Waals surface area contributed by atoms with Crippen LogP contribution in [0.2, 0.25) is 0 Å². The van der Waals surface area contributed by atoms with Gasteiger partial charge in [-0.3, -0.25) is 10.1 Å². The van der Waals surface area contributed by atoms with Gasteiger partial charge in [-0.2, -0.15) is 0 Å². The van der Waals surface area contributed by atoms with E-state index < -0.39 is 0 Å². The fourth-order valence-electron chi connectivity index (χ4n) is 3.07. The summed E-state index contributed by atoms with van der Waals surface area (Å²) in [7, 11) is 0. The first-order chi connectivity index (χ1) is 12.7. The summed E-state index contributed by atoms with van der Waals surface area (Å²) in [5.74, 6) is 0. The highest BCUT2D eigenvalue weighted by atomic mass is 32.1. The molecular formula is C21H16N2O2S. The van der Waals surface area contributed by atoms with Gasteiger partial charge < -0.3 is 0 Å². The van der Waals surface area contributed by atoms with Gasteiger partial charge in [0, 0.05) is 17.0 Å². The number of fused-ring (bicyclic) bond motifs is 3. The smallest absolute Gasteiger partial charge is 0.258 e. The predicted molar refractivity (Wildman–Crippen MR) is 109 cm³/mol. The lowest BCUT2D eigenvalue weighted by Crippen LogP contribution is -1.94. The summed E-state index contributed by atoms with van der Waals surface area (Å²) >= 11 is 1.62. The van der Waals surface area contributed by atoms with Crippen LogP contribution in [0.15, 0.2) is 54.6 Å². The Labute approximate surface area is 154 Å². The van der Waals surface area contributed by atoms with Crippen molar-refractivity contribution in [2.45, 2.75) is 13.3 Å². The molecule has 0 N–H and O–H groups in total. The van der Waals surface area contributed by atoms with Crippen LogP contribution in [-0.4, -0.2) is 9.91 Å². The lowest BCUT2D eigenvalue weighted by Gasteiger charge is -2.00. The molecule has 0 aliphatic heterocycles. The van der Waals surface area contributed by atoms with Gasteiger partial charge in [0.25, 0.3) is 5.69 Å². The van der Waals surface area contributed by atoms with Crippen LogP contribution in [0.3, 0.4) is 0 Å². The molecule has 0 saturated heterocycles. The minimum absolute atomic E-state index is 0.171. The third kappa shape index (κ3) is 2.97. The second kappa shape index (κ2) is 6.69. The van der Waals surface area contributed by atoms with E-state index >= 15 is 0 Å². The van der Waals surface area contributed by atoms with Gasteiger partial charge in [-0.05, 0) is 29.5 Å². The van der Waals surface area contributed by atoms with Crippen LogP contribution < -0.4 is 0 Å². The highest BCUT2D eigenvalue weighted by Gasteiger charge is 2.12. The third-order valence-corrected chi connectivity index (χ3v) is 5.39. The summed E-state index contributed by atoms with van der Waals surface area (Å²) in [6.45, 7) is 1.92. The largest absolute Gasteiger partial charge is 0.273 e. The van der Waals surface area contributed by atoms with E-state index in [9.17, 15) is 10.1 Å². The van der Waals surface area contributed by atoms with Crippen LogP contribution in [0.25, 0.3) is 33.1 Å². The number of nitrogens with zero attached hydrogens (tertiary/aromatic N) is 2. The van der Waals surface area contributed by atoms with Crippen molar-refractivity contribution in [2.24, 2.45) is 0 Å². The molecule has 5 heteroatoms. The molecule has 4 aromatic rings. The first kappa shape index (κ1) is 16.4. The zero-order chi connectivity index (χ0) is 18.1. The highest BCUT2D eigenvalue weighted by molar-refractivity contribution is 7.19. The number of rotatable bonds is 4. The normalized spacial score (nSPS) is 11.6. The Morgan fingerprint density at radius 1 is 1.12 bits per heavy atom. The van der Waals surface area contributed by atoms with Gasteiger partial charge in [-0.25, -0.2) is 4.98 Å². The SMILES string of the molecule is CCc1ccc(/C=C/c2nc3c(ccc4ccccc43)s2)cc1[N+](=O)[O-]. The number of hydrogen-bond donors (Lipinski definition) is 0. The minimum Gasteiger partial charge on any atom is -0.258 e. The van der Waals surface area contributed by atoms with E-state index in [-0.39, 0.29) is 10.6 Å². The molecule has 4 rings (SSSR count). The van der Waals surface area contributed by atoms with Gasteiger partial charge in [0.2, 0.25) is 0 Å². The van der Waals surface area contributed by atoms with Gasteiger partial charge in [-0.1, -0.05) is 55.5 Å². The average molecular weight is 360 g/mol. The van der Waals surface area contributed by atoms with Crippen LogP contribution >= 0.6 is 11.3 Å². The molecule has 128 valence electrons. The Bertz CT molecular complexity index is 1160. The summed E-state index contributed by atoms with van der Waals surface area (Å²) in [5, 5.41) is 14.4. The van der Waals surface area contributed by atoms with Gasteiger partial charge in [0.1, 0.15) is 5.01 Å². The standard InChI is InChI=1S/C21H16N2O2S/c1-2-15-9-7-14(13-18(15)23(24)25)8-12-20-22-21-17-6-4-3-5-16(17)10-11-19(21)26-20/h3-13H,2H2,1H3/b12-8+. The molecule has 3 aromatic carbocycles. The fraction of sp³-hybridized carbons (Fsp3) is 0.0952. The molecule has 0 spiro atoms. The maximum atomic E-state index is 11.2. The Morgan fingerprint density at radius 3 is 2.77 bits per heavy atom. The Balaban J connectivity index is 1.72. The molecule has 0 radical (unpaired) electrons. The maximum absolute atomic E-state index is 11.2. The molecule has 0 amide bonds. The number of hydrogen-bond acceptors (Lipinski definition) is 4. The van der Waals surface area contributed by atoms with E-state index in [2.05, 4.69) is 24.3 Å². The summed E-state index contributed by atoms with van der Waals surface area (Å²) in [4.78, 5) is 15.6. The second-order valence-electron chi connectivity index (χ2n) is 6.02. The lowest BCUT2D eigenvalue weighted by molar-refractivity contribution is -0.385. The molecule has 0 unspecified atom stereocenters.